The Balaban J connectivity index is 2.48. The number of amides is 1. The smallest absolute Gasteiger partial charge is 0.272 e. The second-order valence-corrected chi connectivity index (χ2v) is 6.44. The minimum atomic E-state index is -3.87. The SMILES string of the molecule is CN1C(C(=O)NCCCO)=C(O)c2ccccc2S1(=O)=O. The molecule has 3 N–H and O–H groups in total. The first-order valence-electron chi connectivity index (χ1n) is 6.32. The van der Waals surface area contributed by atoms with Crippen molar-refractivity contribution in [2.45, 2.75) is 11.3 Å². The van der Waals surface area contributed by atoms with Gasteiger partial charge in [0.05, 0.1) is 4.90 Å². The molecule has 0 spiro atoms. The Kier molecular flexibility index (Phi) is 4.19. The van der Waals surface area contributed by atoms with Gasteiger partial charge in [0, 0.05) is 25.8 Å². The zero-order valence-corrected chi connectivity index (χ0v) is 12.2. The van der Waals surface area contributed by atoms with Gasteiger partial charge < -0.3 is 15.5 Å². The minimum Gasteiger partial charge on any atom is -0.505 e. The van der Waals surface area contributed by atoms with Crippen molar-refractivity contribution in [2.24, 2.45) is 0 Å². The molecule has 0 fully saturated rings. The van der Waals surface area contributed by atoms with Gasteiger partial charge >= 0.3 is 0 Å². The monoisotopic (exact) mass is 312 g/mol. The molecule has 0 bridgehead atoms. The van der Waals surface area contributed by atoms with Crippen LogP contribution in [0, 0.1) is 0 Å². The summed E-state index contributed by atoms with van der Waals surface area (Å²) < 4.78 is 25.5. The Morgan fingerprint density at radius 2 is 2.00 bits per heavy atom. The van der Waals surface area contributed by atoms with Gasteiger partial charge in [-0.2, -0.15) is 0 Å². The first-order valence-corrected chi connectivity index (χ1v) is 7.76. The third kappa shape index (κ3) is 2.59. The van der Waals surface area contributed by atoms with E-state index in [2.05, 4.69) is 5.32 Å². The molecule has 1 aromatic rings. The third-order valence-electron chi connectivity index (χ3n) is 3.16. The van der Waals surface area contributed by atoms with E-state index in [9.17, 15) is 18.3 Å². The summed E-state index contributed by atoms with van der Waals surface area (Å²) in [7, 11) is -2.66. The molecule has 1 heterocycles. The molecule has 2 rings (SSSR count). The molecule has 0 radical (unpaired) electrons. The normalized spacial score (nSPS) is 16.6. The molecular formula is C13H16N2O5S. The number of benzene rings is 1. The molecule has 0 saturated carbocycles. The van der Waals surface area contributed by atoms with Crippen LogP contribution in [0.3, 0.4) is 0 Å². The lowest BCUT2D eigenvalue weighted by Gasteiger charge is -2.28. The molecule has 7 nitrogen and oxygen atoms in total. The molecule has 0 saturated heterocycles. The molecule has 1 aromatic carbocycles. The van der Waals surface area contributed by atoms with Gasteiger partial charge in [0.1, 0.15) is 0 Å². The number of hydrogen-bond acceptors (Lipinski definition) is 5. The van der Waals surface area contributed by atoms with Crippen molar-refractivity contribution >= 4 is 21.7 Å². The van der Waals surface area contributed by atoms with Crippen LogP contribution in [0.2, 0.25) is 0 Å². The van der Waals surface area contributed by atoms with Crippen LogP contribution in [-0.4, -0.2) is 49.0 Å². The lowest BCUT2D eigenvalue weighted by atomic mass is 10.1. The van der Waals surface area contributed by atoms with Gasteiger partial charge in [0.25, 0.3) is 15.9 Å². The van der Waals surface area contributed by atoms with E-state index in [0.717, 1.165) is 4.31 Å². The molecule has 1 aliphatic rings. The van der Waals surface area contributed by atoms with Crippen molar-refractivity contribution < 1.29 is 23.4 Å². The summed E-state index contributed by atoms with van der Waals surface area (Å²) in [5.74, 6) is -1.09. The summed E-state index contributed by atoms with van der Waals surface area (Å²) in [6, 6.07) is 5.94. The average Bonchev–Trinajstić information content (AvgIpc) is 2.46. The number of aliphatic hydroxyl groups is 2. The number of nitrogens with zero attached hydrogens (tertiary/aromatic N) is 1. The number of carbonyl (C=O) groups excluding carboxylic acids is 1. The van der Waals surface area contributed by atoms with Crippen LogP contribution in [0.15, 0.2) is 34.9 Å². The number of likely N-dealkylation sites (N-methyl/N-ethyl adjacent to an activating group) is 1. The highest BCUT2D eigenvalue weighted by Crippen LogP contribution is 2.34. The van der Waals surface area contributed by atoms with E-state index in [1.807, 2.05) is 0 Å². The summed E-state index contributed by atoms with van der Waals surface area (Å²) in [6.45, 7) is 0.0872. The Bertz CT molecular complexity index is 696. The van der Waals surface area contributed by atoms with Crippen LogP contribution >= 0.6 is 0 Å². The van der Waals surface area contributed by atoms with E-state index in [4.69, 9.17) is 5.11 Å². The lowest BCUT2D eigenvalue weighted by Crippen LogP contribution is -2.40. The number of sulfonamides is 1. The van der Waals surface area contributed by atoms with E-state index in [0.29, 0.717) is 6.42 Å². The van der Waals surface area contributed by atoms with Crippen LogP contribution in [0.5, 0.6) is 0 Å². The predicted octanol–water partition coefficient (Wildman–Crippen LogP) is 0.0459. The summed E-state index contributed by atoms with van der Waals surface area (Å²) in [6.07, 6.45) is 0.340. The zero-order chi connectivity index (χ0) is 15.6. The second kappa shape index (κ2) is 5.74. The maximum Gasteiger partial charge on any atom is 0.272 e. The number of aliphatic hydroxyl groups excluding tert-OH is 2. The number of hydrogen-bond donors (Lipinski definition) is 3. The van der Waals surface area contributed by atoms with Crippen molar-refractivity contribution in [3.8, 4) is 0 Å². The standard InChI is InChI=1S/C13H16N2O5S/c1-15-11(13(18)14-7-4-8-16)12(17)9-5-2-3-6-10(9)21(15,19)20/h2-3,5-6,16-17H,4,7-8H2,1H3,(H,14,18). The summed E-state index contributed by atoms with van der Waals surface area (Å²) in [5.41, 5.74) is -0.227. The summed E-state index contributed by atoms with van der Waals surface area (Å²) >= 11 is 0. The quantitative estimate of drug-likeness (QED) is 0.681. The van der Waals surface area contributed by atoms with Crippen molar-refractivity contribution in [1.82, 2.24) is 9.62 Å². The topological polar surface area (TPSA) is 107 Å². The van der Waals surface area contributed by atoms with Crippen LogP contribution in [-0.2, 0) is 14.8 Å². The molecule has 1 aliphatic heterocycles. The molecule has 114 valence electrons. The highest BCUT2D eigenvalue weighted by molar-refractivity contribution is 7.89. The Morgan fingerprint density at radius 1 is 1.33 bits per heavy atom. The molecule has 0 atom stereocenters. The van der Waals surface area contributed by atoms with E-state index < -0.39 is 15.9 Å². The third-order valence-corrected chi connectivity index (χ3v) is 4.97. The van der Waals surface area contributed by atoms with E-state index in [1.165, 1.54) is 19.2 Å². The Labute approximate surface area is 122 Å². The van der Waals surface area contributed by atoms with E-state index >= 15 is 0 Å². The molecule has 1 amide bonds. The largest absolute Gasteiger partial charge is 0.505 e. The fourth-order valence-corrected chi connectivity index (χ4v) is 3.44. The Hall–Kier alpha value is -2.06. The van der Waals surface area contributed by atoms with Crippen molar-refractivity contribution in [3.05, 3.63) is 35.5 Å². The van der Waals surface area contributed by atoms with Gasteiger partial charge in [-0.15, -0.1) is 0 Å². The predicted molar refractivity (Wildman–Crippen MR) is 75.7 cm³/mol. The van der Waals surface area contributed by atoms with Gasteiger partial charge in [0.15, 0.2) is 11.5 Å². The van der Waals surface area contributed by atoms with Gasteiger partial charge in [-0.1, -0.05) is 12.1 Å². The lowest BCUT2D eigenvalue weighted by molar-refractivity contribution is -0.118. The number of carbonyl (C=O) groups is 1. The van der Waals surface area contributed by atoms with E-state index in [-0.39, 0.29) is 35.1 Å². The van der Waals surface area contributed by atoms with Crippen molar-refractivity contribution in [1.29, 1.82) is 0 Å². The van der Waals surface area contributed by atoms with Crippen LogP contribution in [0.4, 0.5) is 0 Å². The molecule has 0 aliphatic carbocycles. The number of rotatable bonds is 4. The average molecular weight is 312 g/mol. The highest BCUT2D eigenvalue weighted by atomic mass is 32.2. The van der Waals surface area contributed by atoms with Crippen LogP contribution in [0.25, 0.3) is 5.76 Å². The summed E-state index contributed by atoms with van der Waals surface area (Å²) in [4.78, 5) is 12.0. The molecule has 8 heteroatoms. The molecule has 21 heavy (non-hydrogen) atoms. The first kappa shape index (κ1) is 15.3. The van der Waals surface area contributed by atoms with Crippen molar-refractivity contribution in [3.63, 3.8) is 0 Å². The second-order valence-electron chi connectivity index (χ2n) is 4.50. The number of fused-ring (bicyclic) bond motifs is 1. The highest BCUT2D eigenvalue weighted by Gasteiger charge is 2.37. The first-order chi connectivity index (χ1) is 9.91. The van der Waals surface area contributed by atoms with Gasteiger partial charge in [0.2, 0.25) is 0 Å². The van der Waals surface area contributed by atoms with E-state index in [1.54, 1.807) is 12.1 Å². The fraction of sp³-hybridized carbons (Fsp3) is 0.308. The molecular weight excluding hydrogens is 296 g/mol. The maximum atomic E-state index is 12.4. The fourth-order valence-electron chi connectivity index (χ4n) is 2.05. The van der Waals surface area contributed by atoms with Gasteiger partial charge in [-0.25, -0.2) is 8.42 Å². The minimum absolute atomic E-state index is 0.0445. The van der Waals surface area contributed by atoms with Crippen molar-refractivity contribution in [2.75, 3.05) is 20.2 Å². The van der Waals surface area contributed by atoms with Gasteiger partial charge in [-0.05, 0) is 18.6 Å². The maximum absolute atomic E-state index is 12.4. The molecule has 0 unspecified atom stereocenters. The molecule has 0 aromatic heterocycles. The van der Waals surface area contributed by atoms with Crippen LogP contribution in [0.1, 0.15) is 12.0 Å². The van der Waals surface area contributed by atoms with Crippen LogP contribution < -0.4 is 5.32 Å². The Morgan fingerprint density at radius 3 is 2.67 bits per heavy atom. The zero-order valence-electron chi connectivity index (χ0n) is 11.4. The summed E-state index contributed by atoms with van der Waals surface area (Å²) in [5, 5.41) is 21.4. The number of nitrogens with one attached hydrogen (secondary N) is 1. The van der Waals surface area contributed by atoms with Gasteiger partial charge in [-0.3, -0.25) is 9.10 Å².